The van der Waals surface area contributed by atoms with Crippen LogP contribution in [0.4, 0.5) is 36.8 Å². The van der Waals surface area contributed by atoms with E-state index in [-0.39, 0.29) is 0 Å². The van der Waals surface area contributed by atoms with E-state index in [0.717, 1.165) is 0 Å². The van der Waals surface area contributed by atoms with Crippen LogP contribution >= 0.6 is 0 Å². The molecule has 37 heavy (non-hydrogen) atoms. The summed E-state index contributed by atoms with van der Waals surface area (Å²) < 4.78 is 88.2. The highest BCUT2D eigenvalue weighted by atomic mass is 19.4. The number of carbonyl (C=O) groups excluding carboxylic acids is 2. The van der Waals surface area contributed by atoms with Gasteiger partial charge in [-0.1, -0.05) is 30.3 Å². The lowest BCUT2D eigenvalue weighted by atomic mass is 10.1. The lowest BCUT2D eigenvalue weighted by molar-refractivity contribution is -0.388. The summed E-state index contributed by atoms with van der Waals surface area (Å²) in [5.41, 5.74) is -4.96. The molecule has 204 valence electrons. The van der Waals surface area contributed by atoms with Crippen molar-refractivity contribution < 1.29 is 50.3 Å². The van der Waals surface area contributed by atoms with Crippen molar-refractivity contribution in [2.24, 2.45) is 0 Å². The molecular weight excluding hydrogens is 518 g/mol. The number of alkyl halides is 6. The molecule has 0 aliphatic rings. The highest BCUT2D eigenvalue weighted by Gasteiger charge is 2.46. The Bertz CT molecular complexity index is 1130. The van der Waals surface area contributed by atoms with Crippen molar-refractivity contribution in [1.82, 2.24) is 15.1 Å². The van der Waals surface area contributed by atoms with Crippen molar-refractivity contribution in [1.29, 1.82) is 0 Å². The zero-order valence-corrected chi connectivity index (χ0v) is 19.6. The Hall–Kier alpha value is -3.85. The molecule has 10 nitrogen and oxygen atoms in total. The number of ether oxygens (including phenoxy) is 2. The van der Waals surface area contributed by atoms with Gasteiger partial charge in [0, 0.05) is 6.42 Å². The molecule has 16 heteroatoms. The molecule has 0 unspecified atom stereocenters. The molecule has 0 aliphatic heterocycles. The number of halogens is 6. The number of alkyl carbamates (subject to hydrolysis) is 1. The van der Waals surface area contributed by atoms with Crippen molar-refractivity contribution >= 4 is 17.7 Å². The quantitative estimate of drug-likeness (QED) is 0.228. The fraction of sp³-hybridized carbons (Fsp3) is 0.476. The highest BCUT2D eigenvalue weighted by Crippen LogP contribution is 2.38. The van der Waals surface area contributed by atoms with E-state index in [1.807, 2.05) is 5.32 Å². The highest BCUT2D eigenvalue weighted by molar-refractivity contribution is 5.82. The maximum atomic E-state index is 13.6. The first-order valence-electron chi connectivity index (χ1n) is 10.5. The molecule has 0 saturated heterocycles. The minimum absolute atomic E-state index is 0.367. The first-order chi connectivity index (χ1) is 16.9. The Labute approximate surface area is 205 Å². The van der Waals surface area contributed by atoms with Crippen LogP contribution in [-0.4, -0.2) is 51.2 Å². The van der Waals surface area contributed by atoms with Crippen molar-refractivity contribution in [3.8, 4) is 0 Å². The summed E-state index contributed by atoms with van der Waals surface area (Å²) in [6.45, 7) is 1.79. The molecule has 1 heterocycles. The topological polar surface area (TPSA) is 126 Å². The number of benzene rings is 1. The minimum Gasteiger partial charge on any atom is -0.454 e. The van der Waals surface area contributed by atoms with E-state index in [0.29, 0.717) is 10.2 Å². The number of nitrogens with one attached hydrogen (secondary N) is 1. The standard InChI is InChI=1S/C21H22F6N4O6/c1-19(2,3)37-18(33)28-13(17(32)36-11-20(22,23)24)9-14-15(31(34)35)16(21(25,26)27)29-30(14)10-12-7-5-4-6-8-12/h4-8,13H,9-11H2,1-3H3,(H,28,33)/t13-/m0/s1. The molecule has 0 radical (unpaired) electrons. The predicted molar refractivity (Wildman–Crippen MR) is 113 cm³/mol. The Morgan fingerprint density at radius 1 is 1.11 bits per heavy atom. The average Bonchev–Trinajstić information content (AvgIpc) is 3.09. The monoisotopic (exact) mass is 540 g/mol. The van der Waals surface area contributed by atoms with Gasteiger partial charge < -0.3 is 14.8 Å². The Morgan fingerprint density at radius 3 is 2.19 bits per heavy atom. The van der Waals surface area contributed by atoms with Crippen molar-refractivity contribution in [3.05, 3.63) is 57.4 Å². The number of amides is 1. The van der Waals surface area contributed by atoms with E-state index in [9.17, 15) is 46.0 Å². The summed E-state index contributed by atoms with van der Waals surface area (Å²) in [5.74, 6) is -1.71. The van der Waals surface area contributed by atoms with Crippen LogP contribution in [-0.2, 0) is 33.4 Å². The normalized spacial score (nSPS) is 13.1. The number of hydrogen-bond donors (Lipinski definition) is 1. The first kappa shape index (κ1) is 29.4. The maximum absolute atomic E-state index is 13.6. The number of nitrogens with zero attached hydrogens (tertiary/aromatic N) is 3. The molecule has 0 saturated carbocycles. The van der Waals surface area contributed by atoms with Gasteiger partial charge in [-0.2, -0.15) is 31.4 Å². The van der Waals surface area contributed by atoms with Gasteiger partial charge in [-0.15, -0.1) is 0 Å². The molecule has 0 aliphatic carbocycles. The Morgan fingerprint density at radius 2 is 1.70 bits per heavy atom. The van der Waals surface area contributed by atoms with E-state index in [1.54, 1.807) is 18.2 Å². The second kappa shape index (κ2) is 11.0. The van der Waals surface area contributed by atoms with E-state index in [4.69, 9.17) is 4.74 Å². The van der Waals surface area contributed by atoms with Crippen molar-refractivity contribution in [3.63, 3.8) is 0 Å². The number of esters is 1. The molecule has 0 bridgehead atoms. The van der Waals surface area contributed by atoms with Gasteiger partial charge in [0.1, 0.15) is 17.3 Å². The summed E-state index contributed by atoms with van der Waals surface area (Å²) >= 11 is 0. The Balaban J connectivity index is 2.57. The third kappa shape index (κ3) is 8.95. The van der Waals surface area contributed by atoms with Crippen LogP contribution in [0.25, 0.3) is 0 Å². The molecule has 0 spiro atoms. The van der Waals surface area contributed by atoms with Crippen molar-refractivity contribution in [2.45, 2.75) is 57.7 Å². The molecule has 2 aromatic rings. The minimum atomic E-state index is -5.29. The number of carbonyl (C=O) groups is 2. The summed E-state index contributed by atoms with van der Waals surface area (Å²) in [4.78, 5) is 34.9. The molecule has 1 aromatic carbocycles. The fourth-order valence-electron chi connectivity index (χ4n) is 3.05. The van der Waals surface area contributed by atoms with Crippen LogP contribution < -0.4 is 5.32 Å². The summed E-state index contributed by atoms with van der Waals surface area (Å²) in [6.07, 6.45) is -12.6. The second-order valence-electron chi connectivity index (χ2n) is 8.67. The molecule has 1 aromatic heterocycles. The van der Waals surface area contributed by atoms with Crippen LogP contribution in [0.3, 0.4) is 0 Å². The van der Waals surface area contributed by atoms with E-state index in [1.165, 1.54) is 32.9 Å². The fourth-order valence-corrected chi connectivity index (χ4v) is 3.05. The predicted octanol–water partition coefficient (Wildman–Crippen LogP) is 4.40. The SMILES string of the molecule is CC(C)(C)OC(=O)N[C@@H](Cc1c([N+](=O)[O-])c(C(F)(F)F)nn1Cc1ccccc1)C(=O)OCC(F)(F)F. The summed E-state index contributed by atoms with van der Waals surface area (Å²) in [5, 5.41) is 16.9. The van der Waals surface area contributed by atoms with Crippen LogP contribution in [0.1, 0.15) is 37.7 Å². The smallest absolute Gasteiger partial charge is 0.442 e. The van der Waals surface area contributed by atoms with Gasteiger partial charge >= 0.3 is 30.1 Å². The lowest BCUT2D eigenvalue weighted by Crippen LogP contribution is -2.46. The van der Waals surface area contributed by atoms with Crippen LogP contribution in [0.2, 0.25) is 0 Å². The van der Waals surface area contributed by atoms with Gasteiger partial charge in [-0.3, -0.25) is 14.8 Å². The number of rotatable bonds is 8. The molecule has 1 atom stereocenters. The van der Waals surface area contributed by atoms with Gasteiger partial charge in [-0.25, -0.2) is 9.59 Å². The van der Waals surface area contributed by atoms with Crippen molar-refractivity contribution in [2.75, 3.05) is 6.61 Å². The summed E-state index contributed by atoms with van der Waals surface area (Å²) in [7, 11) is 0. The molecule has 0 fully saturated rings. The van der Waals surface area contributed by atoms with Gasteiger partial charge in [-0.05, 0) is 26.3 Å². The molecular formula is C21H22F6N4O6. The number of aromatic nitrogens is 2. The van der Waals surface area contributed by atoms with Gasteiger partial charge in [0.15, 0.2) is 6.61 Å². The largest absolute Gasteiger partial charge is 0.454 e. The van der Waals surface area contributed by atoms with Gasteiger partial charge in [0.2, 0.25) is 5.69 Å². The van der Waals surface area contributed by atoms with Crippen LogP contribution in [0.15, 0.2) is 30.3 Å². The maximum Gasteiger partial charge on any atom is 0.442 e. The van der Waals surface area contributed by atoms with E-state index < -0.39 is 77.6 Å². The number of nitro groups is 1. The zero-order valence-electron chi connectivity index (χ0n) is 19.6. The third-order valence-electron chi connectivity index (χ3n) is 4.41. The molecule has 2 rings (SSSR count). The van der Waals surface area contributed by atoms with Crippen LogP contribution in [0, 0.1) is 10.1 Å². The van der Waals surface area contributed by atoms with E-state index in [2.05, 4.69) is 9.84 Å². The van der Waals surface area contributed by atoms with E-state index >= 15 is 0 Å². The zero-order chi connectivity index (χ0) is 28.2. The number of hydrogen-bond acceptors (Lipinski definition) is 7. The van der Waals surface area contributed by atoms with Gasteiger partial charge in [0.25, 0.3) is 0 Å². The first-order valence-corrected chi connectivity index (χ1v) is 10.5. The van der Waals surface area contributed by atoms with Gasteiger partial charge in [0.05, 0.1) is 11.5 Å². The van der Waals surface area contributed by atoms with Crippen LogP contribution in [0.5, 0.6) is 0 Å². The molecule has 1 amide bonds. The Kier molecular flexibility index (Phi) is 8.77. The molecule has 1 N–H and O–H groups in total. The third-order valence-corrected chi connectivity index (χ3v) is 4.41. The second-order valence-corrected chi connectivity index (χ2v) is 8.67. The average molecular weight is 540 g/mol. The lowest BCUT2D eigenvalue weighted by Gasteiger charge is -2.23. The summed E-state index contributed by atoms with van der Waals surface area (Å²) in [6, 6.07) is 5.56.